The van der Waals surface area contributed by atoms with Crippen LogP contribution < -0.4 is 0 Å². The molecule has 0 saturated carbocycles. The number of unbranched alkanes of at least 4 members (excludes halogenated alkanes) is 6. The molecule has 0 aliphatic heterocycles. The Hall–Kier alpha value is -1.64. The molecule has 0 radical (unpaired) electrons. The van der Waals surface area contributed by atoms with Gasteiger partial charge in [0.2, 0.25) is 0 Å². The number of ether oxygens (including phenoxy) is 40. The molecular formula is C93H188O41. The van der Waals surface area contributed by atoms with Gasteiger partial charge in [0, 0.05) is 0 Å². The molecule has 0 bridgehead atoms. The van der Waals surface area contributed by atoms with E-state index in [-0.39, 0.29) is 6.61 Å². The van der Waals surface area contributed by atoms with Crippen LogP contribution in [0.4, 0.5) is 0 Å². The summed E-state index contributed by atoms with van der Waals surface area (Å²) in [5, 5.41) is 8.63. The molecule has 0 fully saturated rings. The van der Waals surface area contributed by atoms with E-state index in [0.717, 1.165) is 12.8 Å². The number of hydrogen-bond donors (Lipinski definition) is 1. The molecule has 0 saturated heterocycles. The van der Waals surface area contributed by atoms with Crippen molar-refractivity contribution in [2.24, 2.45) is 0 Å². The minimum Gasteiger partial charge on any atom is -0.394 e. The van der Waals surface area contributed by atoms with E-state index >= 15 is 0 Å². The molecular weight excluding hydrogens is 1770 g/mol. The molecule has 0 heterocycles. The minimum atomic E-state index is 0.0149. The summed E-state index contributed by atoms with van der Waals surface area (Å²) in [4.78, 5) is 0. The Labute approximate surface area is 804 Å². The number of rotatable bonds is 130. The van der Waals surface area contributed by atoms with Crippen LogP contribution in [0.15, 0.2) is 0 Å². The van der Waals surface area contributed by atoms with Crippen molar-refractivity contribution in [1.82, 2.24) is 0 Å². The fraction of sp³-hybridized carbons (Fsp3) is 1.00. The highest BCUT2D eigenvalue weighted by Crippen LogP contribution is 2.16. The zero-order chi connectivity index (χ0) is 95.5. The molecule has 134 heavy (non-hydrogen) atoms. The first-order valence-electron chi connectivity index (χ1n) is 49.6. The molecule has 0 aliphatic carbocycles. The molecule has 0 spiro atoms. The zero-order valence-corrected chi connectivity index (χ0v) is 83.0. The largest absolute Gasteiger partial charge is 0.394 e. The SMILES string of the molecule is CCCCCCCC(CCCCC)OCCOCCOCCOCCOCCOCCOCCOCCOCCOCCOCCOCCOCCOCCOCCOCCOCCOCCOCCOCCOCCOCCOCCOCCOCCOCCOCCOCCOCCOCCOCCOCCOCCOCCOCCOCCOCCOCCOCCOCCO. The van der Waals surface area contributed by atoms with Crippen molar-refractivity contribution < 1.29 is 195 Å². The second-order valence-electron chi connectivity index (χ2n) is 28.8. The third-order valence-electron chi connectivity index (χ3n) is 17.7. The van der Waals surface area contributed by atoms with Crippen molar-refractivity contribution in [3.05, 3.63) is 0 Å². The van der Waals surface area contributed by atoms with Gasteiger partial charge in [-0.15, -0.1) is 0 Å². The molecule has 0 aromatic heterocycles. The summed E-state index contributed by atoms with van der Waals surface area (Å²) in [5.74, 6) is 0. The number of hydrogen-bond acceptors (Lipinski definition) is 41. The Morgan fingerprint density at radius 2 is 0.201 bits per heavy atom. The molecule has 41 nitrogen and oxygen atoms in total. The Morgan fingerprint density at radius 1 is 0.112 bits per heavy atom. The van der Waals surface area contributed by atoms with Crippen molar-refractivity contribution in [3.63, 3.8) is 0 Å². The molecule has 0 aliphatic rings. The lowest BCUT2D eigenvalue weighted by atomic mass is 10.0. The standard InChI is InChI=1S/C93H188O41/c1-3-5-7-8-10-12-93(11-9-6-4-2)134-92-91-133-90-89-132-88-87-131-86-85-130-84-83-129-82-81-128-80-79-127-78-77-126-76-75-125-74-73-124-72-71-123-70-69-122-68-67-121-66-65-120-64-63-119-62-61-118-60-59-117-58-57-116-56-55-115-54-53-114-52-51-113-50-49-112-48-47-111-46-45-110-44-43-109-42-41-108-40-39-107-38-37-106-36-35-105-34-33-104-32-31-103-30-29-102-28-27-101-26-25-100-24-23-99-22-21-98-20-19-97-18-17-96-16-15-95-14-13-94/h93-94H,3-92H2,1-2H3. The maximum absolute atomic E-state index is 8.63. The molecule has 0 aromatic carbocycles. The van der Waals surface area contributed by atoms with Gasteiger partial charge in [0.05, 0.1) is 535 Å². The molecule has 1 N–H and O–H groups in total. The van der Waals surface area contributed by atoms with Gasteiger partial charge in [0.15, 0.2) is 0 Å². The van der Waals surface area contributed by atoms with Gasteiger partial charge in [-0.3, -0.25) is 0 Å². The average molecular weight is 1960 g/mol. The molecule has 0 amide bonds. The van der Waals surface area contributed by atoms with Crippen LogP contribution in [-0.2, 0) is 189 Å². The van der Waals surface area contributed by atoms with Crippen LogP contribution in [0.5, 0.6) is 0 Å². The highest BCUT2D eigenvalue weighted by Gasteiger charge is 2.11. The smallest absolute Gasteiger partial charge is 0.0704 e. The van der Waals surface area contributed by atoms with Crippen molar-refractivity contribution >= 4 is 0 Å². The van der Waals surface area contributed by atoms with Crippen LogP contribution in [-0.4, -0.2) is 540 Å². The zero-order valence-electron chi connectivity index (χ0n) is 83.0. The quantitative estimate of drug-likeness (QED) is 0.0787. The molecule has 1 unspecified atom stereocenters. The van der Waals surface area contributed by atoms with Gasteiger partial charge in [-0.25, -0.2) is 0 Å². The predicted molar refractivity (Wildman–Crippen MR) is 496 cm³/mol. The highest BCUT2D eigenvalue weighted by atomic mass is 16.6. The first-order chi connectivity index (χ1) is 66.8. The van der Waals surface area contributed by atoms with E-state index in [2.05, 4.69) is 13.8 Å². The third-order valence-corrected chi connectivity index (χ3v) is 17.7. The van der Waals surface area contributed by atoms with Crippen LogP contribution >= 0.6 is 0 Å². The van der Waals surface area contributed by atoms with Gasteiger partial charge >= 0.3 is 0 Å². The Morgan fingerprint density at radius 3 is 0.313 bits per heavy atom. The Bertz CT molecular complexity index is 1900. The van der Waals surface area contributed by atoms with E-state index in [4.69, 9.17) is 195 Å². The molecule has 1 atom stereocenters. The lowest BCUT2D eigenvalue weighted by Crippen LogP contribution is -2.18. The lowest BCUT2D eigenvalue weighted by molar-refractivity contribution is -0.0332. The Balaban J connectivity index is 3.13. The normalized spacial score (nSPS) is 12.1. The van der Waals surface area contributed by atoms with Crippen molar-refractivity contribution in [3.8, 4) is 0 Å². The van der Waals surface area contributed by atoms with Crippen molar-refractivity contribution in [2.75, 3.05) is 529 Å². The summed E-state index contributed by atoms with van der Waals surface area (Å²) in [5.41, 5.74) is 0. The van der Waals surface area contributed by atoms with Crippen LogP contribution in [0.1, 0.15) is 78.1 Å². The fourth-order valence-electron chi connectivity index (χ4n) is 10.7. The summed E-state index contributed by atoms with van der Waals surface area (Å²) in [7, 11) is 0. The third kappa shape index (κ3) is 126. The summed E-state index contributed by atoms with van der Waals surface area (Å²) in [6, 6.07) is 0. The summed E-state index contributed by atoms with van der Waals surface area (Å²) in [6.45, 7) is 42.9. The van der Waals surface area contributed by atoms with Gasteiger partial charge in [0.25, 0.3) is 0 Å². The van der Waals surface area contributed by atoms with Crippen LogP contribution in [0.25, 0.3) is 0 Å². The lowest BCUT2D eigenvalue weighted by Gasteiger charge is -2.18. The average Bonchev–Trinajstić information content (AvgIpc) is 0.993. The summed E-state index contributed by atoms with van der Waals surface area (Å²) < 4.78 is 222. The van der Waals surface area contributed by atoms with E-state index in [9.17, 15) is 0 Å². The van der Waals surface area contributed by atoms with Crippen molar-refractivity contribution in [1.29, 1.82) is 0 Å². The van der Waals surface area contributed by atoms with Crippen molar-refractivity contribution in [2.45, 2.75) is 84.2 Å². The van der Waals surface area contributed by atoms with Gasteiger partial charge in [0.1, 0.15) is 0 Å². The first-order valence-corrected chi connectivity index (χ1v) is 49.6. The molecule has 806 valence electrons. The van der Waals surface area contributed by atoms with Crippen LogP contribution in [0.2, 0.25) is 0 Å². The van der Waals surface area contributed by atoms with Gasteiger partial charge < -0.3 is 195 Å². The fourth-order valence-corrected chi connectivity index (χ4v) is 10.7. The van der Waals surface area contributed by atoms with Gasteiger partial charge in [-0.1, -0.05) is 65.2 Å². The first kappa shape index (κ1) is 132. The van der Waals surface area contributed by atoms with E-state index in [1.54, 1.807) is 0 Å². The van der Waals surface area contributed by atoms with E-state index < -0.39 is 0 Å². The second kappa shape index (κ2) is 129. The van der Waals surface area contributed by atoms with E-state index in [0.29, 0.717) is 528 Å². The molecule has 0 aromatic rings. The maximum atomic E-state index is 8.63. The summed E-state index contributed by atoms with van der Waals surface area (Å²) >= 11 is 0. The van der Waals surface area contributed by atoms with E-state index in [1.807, 2.05) is 0 Å². The van der Waals surface area contributed by atoms with Crippen LogP contribution in [0.3, 0.4) is 0 Å². The highest BCUT2D eigenvalue weighted by molar-refractivity contribution is 4.61. The Kier molecular flexibility index (Phi) is 128. The van der Waals surface area contributed by atoms with Crippen LogP contribution in [0, 0.1) is 0 Å². The maximum Gasteiger partial charge on any atom is 0.0704 e. The number of aliphatic hydroxyl groups is 1. The topological polar surface area (TPSA) is 389 Å². The van der Waals surface area contributed by atoms with E-state index in [1.165, 1.54) is 51.4 Å². The minimum absolute atomic E-state index is 0.0149. The molecule has 41 heteroatoms. The predicted octanol–water partition coefficient (Wildman–Crippen LogP) is 4.95. The monoisotopic (exact) mass is 1960 g/mol. The van der Waals surface area contributed by atoms with Gasteiger partial charge in [-0.2, -0.15) is 0 Å². The second-order valence-corrected chi connectivity index (χ2v) is 28.8. The number of aliphatic hydroxyl groups excluding tert-OH is 1. The molecule has 0 rings (SSSR count). The van der Waals surface area contributed by atoms with Gasteiger partial charge in [-0.05, 0) is 12.8 Å². The summed E-state index contributed by atoms with van der Waals surface area (Å²) in [6.07, 6.45) is 12.9.